The molecule has 0 aliphatic heterocycles. The van der Waals surface area contributed by atoms with Crippen molar-refractivity contribution in [3.05, 3.63) is 130 Å². The van der Waals surface area contributed by atoms with E-state index in [1.807, 2.05) is 6.08 Å². The minimum atomic E-state index is -0.993. The monoisotopic (exact) mass is 668 g/mol. The van der Waals surface area contributed by atoms with E-state index in [4.69, 9.17) is 9.84 Å². The zero-order valence-corrected chi connectivity index (χ0v) is 31.6. The van der Waals surface area contributed by atoms with E-state index in [0.29, 0.717) is 12.8 Å². The fraction of sp³-hybridized carbons (Fsp3) is 0.455. The fourth-order valence-corrected chi connectivity index (χ4v) is 6.64. The van der Waals surface area contributed by atoms with Gasteiger partial charge in [-0.1, -0.05) is 146 Å². The number of esters is 1. The van der Waals surface area contributed by atoms with Crippen LogP contribution in [0.4, 0.5) is 0 Å². The summed E-state index contributed by atoms with van der Waals surface area (Å²) in [5.74, 6) is -1.44. The number of carbonyl (C=O) groups is 2. The number of allylic oxidation sites excluding steroid dienone is 20. The number of aliphatic hydroxyl groups excluding tert-OH is 1. The van der Waals surface area contributed by atoms with Crippen LogP contribution >= 0.6 is 0 Å². The highest BCUT2D eigenvalue weighted by atomic mass is 16.5. The average Bonchev–Trinajstić information content (AvgIpc) is 2.96. The highest BCUT2D eigenvalue weighted by Gasteiger charge is 2.34. The van der Waals surface area contributed by atoms with Gasteiger partial charge in [0.1, 0.15) is 6.10 Å². The summed E-state index contributed by atoms with van der Waals surface area (Å²) in [4.78, 5) is 22.8. The molecule has 0 saturated heterocycles. The predicted molar refractivity (Wildman–Crippen MR) is 205 cm³/mol. The Labute approximate surface area is 296 Å². The Morgan fingerprint density at radius 1 is 0.673 bits per heavy atom. The minimum absolute atomic E-state index is 0.0119. The van der Waals surface area contributed by atoms with Crippen molar-refractivity contribution in [2.24, 2.45) is 10.8 Å². The van der Waals surface area contributed by atoms with Crippen molar-refractivity contribution in [3.63, 3.8) is 0 Å². The fourth-order valence-electron chi connectivity index (χ4n) is 6.64. The van der Waals surface area contributed by atoms with Crippen molar-refractivity contribution >= 4 is 11.9 Å². The second kappa shape index (κ2) is 19.3. The van der Waals surface area contributed by atoms with Crippen LogP contribution in [0.5, 0.6) is 0 Å². The molecular formula is C44H60O5. The molecule has 5 nitrogen and oxygen atoms in total. The number of carboxylic acids is 1. The van der Waals surface area contributed by atoms with Crippen LogP contribution in [0.25, 0.3) is 0 Å². The topological polar surface area (TPSA) is 83.8 Å². The molecule has 0 aromatic heterocycles. The highest BCUT2D eigenvalue weighted by Crippen LogP contribution is 2.43. The maximum Gasteiger partial charge on any atom is 0.306 e. The third-order valence-electron chi connectivity index (χ3n) is 9.07. The van der Waals surface area contributed by atoms with Crippen LogP contribution in [0.15, 0.2) is 130 Å². The summed E-state index contributed by atoms with van der Waals surface area (Å²) in [5.41, 5.74) is 9.49. The Morgan fingerprint density at radius 3 is 1.55 bits per heavy atom. The van der Waals surface area contributed by atoms with Gasteiger partial charge in [0.2, 0.25) is 0 Å². The highest BCUT2D eigenvalue weighted by molar-refractivity contribution is 5.76. The molecule has 2 unspecified atom stereocenters. The van der Waals surface area contributed by atoms with Gasteiger partial charge in [-0.05, 0) is 82.8 Å². The second-order valence-corrected chi connectivity index (χ2v) is 15.0. The van der Waals surface area contributed by atoms with Gasteiger partial charge in [0.15, 0.2) is 0 Å². The van der Waals surface area contributed by atoms with E-state index in [0.717, 1.165) is 29.6 Å². The molecule has 0 spiro atoms. The van der Waals surface area contributed by atoms with Crippen LogP contribution in [0.3, 0.4) is 0 Å². The maximum atomic E-state index is 12.1. The number of hydrogen-bond acceptors (Lipinski definition) is 4. The molecule has 0 aromatic rings. The standard InChI is InChI=1S/C44H60O5/c1-31(17-13-19-33(3)21-23-39-35(5)27-37(45)29-43(39,7)8)15-11-12-16-32(2)18-14-20-34(4)22-24-40-36(6)28-38(30-44(40,9)10)49-42(48)26-25-41(46)47/h11-24,37-38,45H,25-30H2,1-10H3,(H,46,47). The number of carbonyl (C=O) groups excluding carboxylic acids is 1. The normalized spacial score (nSPS) is 22.9. The Hall–Kier alpha value is -3.96. The van der Waals surface area contributed by atoms with Gasteiger partial charge in [-0.15, -0.1) is 0 Å². The van der Waals surface area contributed by atoms with Gasteiger partial charge in [0.05, 0.1) is 18.9 Å². The smallest absolute Gasteiger partial charge is 0.306 e. The molecule has 2 rings (SSSR count). The summed E-state index contributed by atoms with van der Waals surface area (Å²) >= 11 is 0. The molecular weight excluding hydrogens is 608 g/mol. The largest absolute Gasteiger partial charge is 0.481 e. The summed E-state index contributed by atoms with van der Waals surface area (Å²) in [6.45, 7) is 21.3. The Balaban J connectivity index is 1.91. The van der Waals surface area contributed by atoms with E-state index >= 15 is 0 Å². The zero-order valence-electron chi connectivity index (χ0n) is 31.6. The molecule has 0 amide bonds. The van der Waals surface area contributed by atoms with Gasteiger partial charge >= 0.3 is 11.9 Å². The summed E-state index contributed by atoms with van der Waals surface area (Å²) in [7, 11) is 0. The Morgan fingerprint density at radius 2 is 1.10 bits per heavy atom. The van der Waals surface area contributed by atoms with Crippen LogP contribution in [0.2, 0.25) is 0 Å². The summed E-state index contributed by atoms with van der Waals surface area (Å²) in [6.07, 6.45) is 31.6. The van der Waals surface area contributed by atoms with Crippen molar-refractivity contribution in [1.29, 1.82) is 0 Å². The summed E-state index contributed by atoms with van der Waals surface area (Å²) in [5, 5.41) is 18.9. The van der Waals surface area contributed by atoms with Crippen molar-refractivity contribution in [3.8, 4) is 0 Å². The molecule has 49 heavy (non-hydrogen) atoms. The molecule has 0 fully saturated rings. The first-order valence-corrected chi connectivity index (χ1v) is 17.5. The van der Waals surface area contributed by atoms with Gasteiger partial charge < -0.3 is 14.9 Å². The molecule has 5 heteroatoms. The molecule has 0 bridgehead atoms. The van der Waals surface area contributed by atoms with Gasteiger partial charge in [-0.25, -0.2) is 0 Å². The van der Waals surface area contributed by atoms with Crippen molar-refractivity contribution in [1.82, 2.24) is 0 Å². The molecule has 2 aliphatic rings. The molecule has 2 atom stereocenters. The molecule has 0 heterocycles. The number of rotatable bonds is 14. The van der Waals surface area contributed by atoms with Crippen LogP contribution in [0.1, 0.15) is 108 Å². The first-order chi connectivity index (χ1) is 22.9. The first kappa shape index (κ1) is 41.2. The van der Waals surface area contributed by atoms with Crippen LogP contribution in [0, 0.1) is 10.8 Å². The molecule has 0 aromatic carbocycles. The zero-order chi connectivity index (χ0) is 36.8. The maximum absolute atomic E-state index is 12.1. The Bertz CT molecular complexity index is 1540. The molecule has 2 N–H and O–H groups in total. The van der Waals surface area contributed by atoms with E-state index in [9.17, 15) is 14.7 Å². The van der Waals surface area contributed by atoms with E-state index < -0.39 is 11.9 Å². The van der Waals surface area contributed by atoms with Crippen molar-refractivity contribution in [2.75, 3.05) is 0 Å². The lowest BCUT2D eigenvalue weighted by Gasteiger charge is -2.37. The predicted octanol–water partition coefficient (Wildman–Crippen LogP) is 11.0. The van der Waals surface area contributed by atoms with E-state index in [2.05, 4.69) is 148 Å². The van der Waals surface area contributed by atoms with Crippen molar-refractivity contribution < 1.29 is 24.5 Å². The van der Waals surface area contributed by atoms with Gasteiger partial charge in [-0.3, -0.25) is 9.59 Å². The first-order valence-electron chi connectivity index (χ1n) is 17.5. The van der Waals surface area contributed by atoms with Crippen LogP contribution in [-0.4, -0.2) is 34.4 Å². The average molecular weight is 669 g/mol. The van der Waals surface area contributed by atoms with Gasteiger partial charge in [0, 0.05) is 6.42 Å². The molecule has 0 radical (unpaired) electrons. The number of hydrogen-bond donors (Lipinski definition) is 2. The lowest BCUT2D eigenvalue weighted by molar-refractivity contribution is -0.153. The summed E-state index contributed by atoms with van der Waals surface area (Å²) < 4.78 is 5.59. The van der Waals surface area contributed by atoms with E-state index in [1.54, 1.807) is 0 Å². The molecule has 2 aliphatic carbocycles. The van der Waals surface area contributed by atoms with Crippen LogP contribution in [-0.2, 0) is 14.3 Å². The quantitative estimate of drug-likeness (QED) is 0.142. The summed E-state index contributed by atoms with van der Waals surface area (Å²) in [6, 6.07) is 0. The van der Waals surface area contributed by atoms with E-state index in [1.165, 1.54) is 27.9 Å². The second-order valence-electron chi connectivity index (χ2n) is 15.0. The van der Waals surface area contributed by atoms with Crippen LogP contribution < -0.4 is 0 Å². The molecule has 266 valence electrons. The van der Waals surface area contributed by atoms with Gasteiger partial charge in [0.25, 0.3) is 0 Å². The molecule has 0 saturated carbocycles. The SMILES string of the molecule is CC(C=CC=C(C)C=CC1=C(C)CC(O)CC1(C)C)=CC=CC=C(C)C=CC=C(C)C=CC1=C(C)CC(OC(=O)CCC(=O)O)CC1(C)C. The van der Waals surface area contributed by atoms with E-state index in [-0.39, 0.29) is 35.9 Å². The minimum Gasteiger partial charge on any atom is -0.481 e. The lowest BCUT2D eigenvalue weighted by Crippen LogP contribution is -2.32. The number of aliphatic hydroxyl groups is 1. The number of carboxylic acid groups (broad SMARTS) is 1. The number of ether oxygens (including phenoxy) is 1. The van der Waals surface area contributed by atoms with Gasteiger partial charge in [-0.2, -0.15) is 0 Å². The lowest BCUT2D eigenvalue weighted by atomic mass is 9.71. The third kappa shape index (κ3) is 15.0. The Kier molecular flexibility index (Phi) is 16.2. The third-order valence-corrected chi connectivity index (χ3v) is 9.07. The van der Waals surface area contributed by atoms with Crippen molar-refractivity contribution in [2.45, 2.75) is 120 Å². The number of aliphatic carboxylic acids is 1.